The molecule has 0 radical (unpaired) electrons. The van der Waals surface area contributed by atoms with Gasteiger partial charge < -0.3 is 0 Å². The molecular formula is C15H13FN4O. The van der Waals surface area contributed by atoms with Crippen molar-refractivity contribution >= 4 is 0 Å². The van der Waals surface area contributed by atoms with Gasteiger partial charge in [0.05, 0.1) is 18.4 Å². The topological polar surface area (TPSA) is 63.6 Å². The molecular weight excluding hydrogens is 271 g/mol. The molecule has 2 heterocycles. The lowest BCUT2D eigenvalue weighted by Gasteiger charge is -2.12. The van der Waals surface area contributed by atoms with Crippen molar-refractivity contribution in [3.63, 3.8) is 0 Å². The molecule has 106 valence electrons. The van der Waals surface area contributed by atoms with Crippen molar-refractivity contribution in [3.8, 4) is 11.1 Å². The summed E-state index contributed by atoms with van der Waals surface area (Å²) in [5.41, 5.74) is 2.21. The molecule has 0 saturated heterocycles. The first kappa shape index (κ1) is 13.2. The fraction of sp³-hybridized carbons (Fsp3) is 0.133. The van der Waals surface area contributed by atoms with E-state index in [0.29, 0.717) is 5.56 Å². The van der Waals surface area contributed by atoms with E-state index in [-0.39, 0.29) is 17.4 Å². The Bertz CT molecular complexity index is 807. The van der Waals surface area contributed by atoms with E-state index in [1.165, 1.54) is 18.2 Å². The standard InChI is InChI=1S/C15H13FN4O/c1-10(11-2-4-14(16)5-3-11)20-9-13(8-18-20)12-6-15(21)19-17-7-12/h2-10H,1H3,(H,19,21)/t10-/m1/s1. The second-order valence-electron chi connectivity index (χ2n) is 4.77. The second kappa shape index (κ2) is 5.32. The highest BCUT2D eigenvalue weighted by Gasteiger charge is 2.10. The van der Waals surface area contributed by atoms with Crippen molar-refractivity contribution in [2.24, 2.45) is 0 Å². The lowest BCUT2D eigenvalue weighted by Crippen LogP contribution is -2.07. The summed E-state index contributed by atoms with van der Waals surface area (Å²) in [4.78, 5) is 11.3. The molecule has 0 saturated carbocycles. The minimum absolute atomic E-state index is 0.0331. The Morgan fingerprint density at radius 3 is 2.67 bits per heavy atom. The Morgan fingerprint density at radius 2 is 1.95 bits per heavy atom. The molecule has 2 aromatic heterocycles. The molecule has 0 aliphatic carbocycles. The van der Waals surface area contributed by atoms with Crippen LogP contribution in [0.2, 0.25) is 0 Å². The van der Waals surface area contributed by atoms with Crippen LogP contribution in [0, 0.1) is 5.82 Å². The summed E-state index contributed by atoms with van der Waals surface area (Å²) in [6, 6.07) is 7.76. The smallest absolute Gasteiger partial charge is 0.264 e. The first-order valence-corrected chi connectivity index (χ1v) is 6.48. The van der Waals surface area contributed by atoms with Gasteiger partial charge in [0.15, 0.2) is 0 Å². The van der Waals surface area contributed by atoms with Gasteiger partial charge in [-0.1, -0.05) is 12.1 Å². The van der Waals surface area contributed by atoms with Crippen molar-refractivity contribution in [2.45, 2.75) is 13.0 Å². The van der Waals surface area contributed by atoms with Gasteiger partial charge in [0.25, 0.3) is 5.56 Å². The minimum atomic E-state index is -0.262. The number of nitrogens with one attached hydrogen (secondary N) is 1. The summed E-state index contributed by atoms with van der Waals surface area (Å²) in [5, 5.41) is 10.4. The minimum Gasteiger partial charge on any atom is -0.268 e. The number of hydrogen-bond acceptors (Lipinski definition) is 3. The van der Waals surface area contributed by atoms with Crippen molar-refractivity contribution < 1.29 is 4.39 Å². The zero-order valence-corrected chi connectivity index (χ0v) is 11.3. The molecule has 1 aromatic carbocycles. The van der Waals surface area contributed by atoms with Crippen molar-refractivity contribution in [1.82, 2.24) is 20.0 Å². The van der Waals surface area contributed by atoms with E-state index in [2.05, 4.69) is 15.3 Å². The van der Waals surface area contributed by atoms with Gasteiger partial charge >= 0.3 is 0 Å². The predicted molar refractivity (Wildman–Crippen MR) is 76.3 cm³/mol. The van der Waals surface area contributed by atoms with Crippen LogP contribution in [0.3, 0.4) is 0 Å². The molecule has 0 spiro atoms. The Labute approximate surface area is 120 Å². The normalized spacial score (nSPS) is 12.3. The maximum atomic E-state index is 13.0. The van der Waals surface area contributed by atoms with Gasteiger partial charge in [0.1, 0.15) is 5.82 Å². The monoisotopic (exact) mass is 284 g/mol. The summed E-state index contributed by atoms with van der Waals surface area (Å²) in [5.74, 6) is -0.262. The number of benzene rings is 1. The van der Waals surface area contributed by atoms with E-state index in [1.807, 2.05) is 13.1 Å². The van der Waals surface area contributed by atoms with Crippen LogP contribution in [0.1, 0.15) is 18.5 Å². The Morgan fingerprint density at radius 1 is 1.19 bits per heavy atom. The van der Waals surface area contributed by atoms with Crippen LogP contribution in [0.25, 0.3) is 11.1 Å². The van der Waals surface area contributed by atoms with Gasteiger partial charge in [-0.25, -0.2) is 9.49 Å². The number of H-pyrrole nitrogens is 1. The Hall–Kier alpha value is -2.76. The molecule has 1 N–H and O–H groups in total. The van der Waals surface area contributed by atoms with E-state index in [9.17, 15) is 9.18 Å². The van der Waals surface area contributed by atoms with Crippen molar-refractivity contribution in [2.75, 3.05) is 0 Å². The average Bonchev–Trinajstić information content (AvgIpc) is 2.97. The summed E-state index contributed by atoms with van der Waals surface area (Å²) in [6.07, 6.45) is 5.09. The van der Waals surface area contributed by atoms with Crippen LogP contribution >= 0.6 is 0 Å². The SMILES string of the molecule is C[C@H](c1ccc(F)cc1)n1cc(-c2cn[nH]c(=O)c2)cn1. The first-order chi connectivity index (χ1) is 10.1. The molecule has 6 heteroatoms. The van der Waals surface area contributed by atoms with Crippen LogP contribution in [-0.2, 0) is 0 Å². The Balaban J connectivity index is 1.91. The van der Waals surface area contributed by atoms with E-state index in [0.717, 1.165) is 11.1 Å². The maximum absolute atomic E-state index is 13.0. The summed E-state index contributed by atoms with van der Waals surface area (Å²) >= 11 is 0. The van der Waals surface area contributed by atoms with Gasteiger partial charge in [-0.3, -0.25) is 9.48 Å². The van der Waals surface area contributed by atoms with Crippen LogP contribution in [0.5, 0.6) is 0 Å². The Kier molecular flexibility index (Phi) is 3.35. The largest absolute Gasteiger partial charge is 0.268 e. The fourth-order valence-corrected chi connectivity index (χ4v) is 2.13. The molecule has 5 nitrogen and oxygen atoms in total. The van der Waals surface area contributed by atoms with Crippen molar-refractivity contribution in [1.29, 1.82) is 0 Å². The number of aromatic nitrogens is 4. The maximum Gasteiger partial charge on any atom is 0.264 e. The number of halogens is 1. The van der Waals surface area contributed by atoms with E-state index in [4.69, 9.17) is 0 Å². The van der Waals surface area contributed by atoms with Crippen molar-refractivity contribution in [3.05, 3.63) is 70.7 Å². The van der Waals surface area contributed by atoms with Gasteiger partial charge in [-0.15, -0.1) is 0 Å². The van der Waals surface area contributed by atoms with Crippen LogP contribution in [0.15, 0.2) is 53.7 Å². The third kappa shape index (κ3) is 2.74. The lowest BCUT2D eigenvalue weighted by atomic mass is 10.1. The third-order valence-corrected chi connectivity index (χ3v) is 3.35. The number of aromatic amines is 1. The van der Waals surface area contributed by atoms with Gasteiger partial charge in [-0.2, -0.15) is 10.2 Å². The molecule has 3 rings (SSSR count). The highest BCUT2D eigenvalue weighted by molar-refractivity contribution is 5.59. The molecule has 0 aliphatic heterocycles. The molecule has 0 fully saturated rings. The molecule has 1 atom stereocenters. The number of hydrogen-bond donors (Lipinski definition) is 1. The zero-order valence-electron chi connectivity index (χ0n) is 11.3. The average molecular weight is 284 g/mol. The van der Waals surface area contributed by atoms with Gasteiger partial charge in [0.2, 0.25) is 0 Å². The summed E-state index contributed by atoms with van der Waals surface area (Å²) in [7, 11) is 0. The third-order valence-electron chi connectivity index (χ3n) is 3.35. The summed E-state index contributed by atoms with van der Waals surface area (Å²) < 4.78 is 14.7. The van der Waals surface area contributed by atoms with Crippen LogP contribution < -0.4 is 5.56 Å². The molecule has 3 aromatic rings. The van der Waals surface area contributed by atoms with Gasteiger partial charge in [-0.05, 0) is 24.6 Å². The lowest BCUT2D eigenvalue weighted by molar-refractivity contribution is 0.561. The van der Waals surface area contributed by atoms with E-state index in [1.54, 1.807) is 29.2 Å². The van der Waals surface area contributed by atoms with E-state index < -0.39 is 0 Å². The fourth-order valence-electron chi connectivity index (χ4n) is 2.13. The summed E-state index contributed by atoms with van der Waals surface area (Å²) in [6.45, 7) is 1.97. The molecule has 0 unspecified atom stereocenters. The molecule has 0 bridgehead atoms. The van der Waals surface area contributed by atoms with Crippen LogP contribution in [-0.4, -0.2) is 20.0 Å². The predicted octanol–water partition coefficient (Wildman–Crippen LogP) is 2.38. The van der Waals surface area contributed by atoms with Crippen LogP contribution in [0.4, 0.5) is 4.39 Å². The quantitative estimate of drug-likeness (QED) is 0.803. The molecule has 0 aliphatic rings. The van der Waals surface area contributed by atoms with Gasteiger partial charge in [0, 0.05) is 23.4 Å². The van der Waals surface area contributed by atoms with E-state index >= 15 is 0 Å². The second-order valence-corrected chi connectivity index (χ2v) is 4.77. The highest BCUT2D eigenvalue weighted by Crippen LogP contribution is 2.21. The number of rotatable bonds is 3. The zero-order chi connectivity index (χ0) is 14.8. The number of nitrogens with zero attached hydrogens (tertiary/aromatic N) is 3. The molecule has 0 amide bonds. The molecule has 21 heavy (non-hydrogen) atoms. The first-order valence-electron chi connectivity index (χ1n) is 6.48. The highest BCUT2D eigenvalue weighted by atomic mass is 19.1.